The Morgan fingerprint density at radius 2 is 1.11 bits per heavy atom. The Morgan fingerprint density at radius 1 is 0.614 bits per heavy atom. The van der Waals surface area contributed by atoms with Gasteiger partial charge in [0.15, 0.2) is 12.2 Å². The van der Waals surface area contributed by atoms with Gasteiger partial charge in [0, 0.05) is 5.69 Å². The Hall–Kier alpha value is -5.05. The first-order valence-electron chi connectivity index (χ1n) is 14.4. The molecule has 44 heavy (non-hydrogen) atoms. The lowest BCUT2D eigenvalue weighted by atomic mass is 9.91. The molecule has 0 spiro atoms. The number of amides is 3. The molecule has 8 heteroatoms. The number of hydrogen-bond donors (Lipinski definition) is 0. The minimum atomic E-state index is -1.20. The second-order valence-electron chi connectivity index (χ2n) is 10.6. The van der Waals surface area contributed by atoms with Gasteiger partial charge in [0.25, 0.3) is 17.7 Å². The van der Waals surface area contributed by atoms with E-state index in [1.165, 1.54) is 0 Å². The number of carbonyl (C=O) groups is 3. The maximum Gasteiger partial charge on any atom is 0.262 e. The first kappa shape index (κ1) is 29.0. The minimum Gasteiger partial charge on any atom is -0.497 e. The van der Waals surface area contributed by atoms with Crippen molar-refractivity contribution in [2.24, 2.45) is 0 Å². The zero-order chi connectivity index (χ0) is 30.5. The van der Waals surface area contributed by atoms with Crippen molar-refractivity contribution in [3.05, 3.63) is 138 Å². The molecule has 0 radical (unpaired) electrons. The van der Waals surface area contributed by atoms with Crippen LogP contribution in [-0.2, 0) is 37.1 Å². The molecule has 2 saturated heterocycles. The highest BCUT2D eigenvalue weighted by Gasteiger charge is 2.60. The number of hydrogen-bond acceptors (Lipinski definition) is 6. The predicted octanol–water partition coefficient (Wildman–Crippen LogP) is 5.03. The van der Waals surface area contributed by atoms with Crippen LogP contribution in [0.25, 0.3) is 6.08 Å². The number of methoxy groups -OCH3 is 1. The van der Waals surface area contributed by atoms with E-state index in [1.54, 1.807) is 36.3 Å². The fourth-order valence-electron chi connectivity index (χ4n) is 5.52. The summed E-state index contributed by atoms with van der Waals surface area (Å²) in [7, 11) is 1.57. The summed E-state index contributed by atoms with van der Waals surface area (Å²) in [4.78, 5) is 44.4. The van der Waals surface area contributed by atoms with Crippen molar-refractivity contribution < 1.29 is 28.6 Å². The van der Waals surface area contributed by atoms with E-state index < -0.39 is 36.1 Å². The number of imide groups is 1. The first-order valence-corrected chi connectivity index (χ1v) is 14.4. The molecule has 4 atom stereocenters. The Morgan fingerprint density at radius 3 is 1.61 bits per heavy atom. The zero-order valence-corrected chi connectivity index (χ0v) is 24.2. The molecule has 222 valence electrons. The molecule has 2 aliphatic heterocycles. The summed E-state index contributed by atoms with van der Waals surface area (Å²) in [5, 5.41) is 0. The van der Waals surface area contributed by atoms with Gasteiger partial charge in [-0.15, -0.1) is 0 Å². The average Bonchev–Trinajstić information content (AvgIpc) is 3.30. The van der Waals surface area contributed by atoms with Gasteiger partial charge in [0.2, 0.25) is 0 Å². The minimum absolute atomic E-state index is 0.109. The normalized spacial score (nSPS) is 21.6. The van der Waals surface area contributed by atoms with Crippen LogP contribution in [-0.4, -0.2) is 54.0 Å². The van der Waals surface area contributed by atoms with E-state index in [0.29, 0.717) is 11.4 Å². The van der Waals surface area contributed by atoms with E-state index in [9.17, 15) is 14.4 Å². The van der Waals surface area contributed by atoms with Crippen molar-refractivity contribution in [1.29, 1.82) is 0 Å². The highest BCUT2D eigenvalue weighted by atomic mass is 16.6. The van der Waals surface area contributed by atoms with Crippen LogP contribution in [0.4, 0.5) is 5.69 Å². The molecule has 2 fully saturated rings. The van der Waals surface area contributed by atoms with Crippen molar-refractivity contribution in [2.75, 3.05) is 12.0 Å². The highest BCUT2D eigenvalue weighted by molar-refractivity contribution is 6.16. The third-order valence-electron chi connectivity index (χ3n) is 7.81. The Balaban J connectivity index is 1.30. The smallest absolute Gasteiger partial charge is 0.262 e. The average molecular weight is 589 g/mol. The highest BCUT2D eigenvalue weighted by Crippen LogP contribution is 2.37. The molecule has 2 heterocycles. The largest absolute Gasteiger partial charge is 0.497 e. The Bertz CT molecular complexity index is 1560. The van der Waals surface area contributed by atoms with Crippen LogP contribution in [0, 0.1) is 0 Å². The number of ether oxygens (including phenoxy) is 3. The molecule has 2 aliphatic rings. The van der Waals surface area contributed by atoms with Crippen LogP contribution >= 0.6 is 0 Å². The van der Waals surface area contributed by atoms with E-state index in [-0.39, 0.29) is 19.1 Å². The molecule has 0 saturated carbocycles. The van der Waals surface area contributed by atoms with E-state index in [0.717, 1.165) is 21.6 Å². The van der Waals surface area contributed by atoms with Crippen molar-refractivity contribution >= 4 is 29.5 Å². The number of carbonyl (C=O) groups excluding carboxylic acids is 3. The molecule has 4 unspecified atom stereocenters. The summed E-state index contributed by atoms with van der Waals surface area (Å²) in [6, 6.07) is 33.9. The van der Waals surface area contributed by atoms with Crippen LogP contribution in [0.2, 0.25) is 0 Å². The fraction of sp³-hybridized carbons (Fsp3) is 0.194. The summed E-state index contributed by atoms with van der Waals surface area (Å²) in [5.74, 6) is -0.897. The molecule has 0 aliphatic carbocycles. The predicted molar refractivity (Wildman–Crippen MR) is 165 cm³/mol. The molecule has 0 N–H and O–H groups in total. The van der Waals surface area contributed by atoms with E-state index >= 15 is 0 Å². The van der Waals surface area contributed by atoms with Crippen LogP contribution in [0.3, 0.4) is 0 Å². The van der Waals surface area contributed by atoms with Gasteiger partial charge >= 0.3 is 0 Å². The molecular formula is C36H32N2O6. The topological polar surface area (TPSA) is 85.4 Å². The molecule has 0 aromatic heterocycles. The van der Waals surface area contributed by atoms with Crippen molar-refractivity contribution in [2.45, 2.75) is 37.5 Å². The SMILES string of the molecule is COc1ccc(N2C(=O)C(N3C(=O)C(OCc4ccccc4)C(OCc4ccccc4)C3=O)C2/C=C/c2ccccc2)cc1. The first-order chi connectivity index (χ1) is 21.5. The van der Waals surface area contributed by atoms with E-state index in [4.69, 9.17) is 14.2 Å². The lowest BCUT2D eigenvalue weighted by Crippen LogP contribution is -2.71. The maximum absolute atomic E-state index is 14.0. The zero-order valence-electron chi connectivity index (χ0n) is 24.2. The van der Waals surface area contributed by atoms with Crippen molar-refractivity contribution in [3.63, 3.8) is 0 Å². The molecule has 4 aromatic carbocycles. The van der Waals surface area contributed by atoms with Gasteiger partial charge in [-0.2, -0.15) is 0 Å². The maximum atomic E-state index is 14.0. The number of likely N-dealkylation sites (tertiary alicyclic amines) is 1. The Labute approximate surface area is 256 Å². The second kappa shape index (κ2) is 13.1. The molecule has 0 bridgehead atoms. The fourth-order valence-corrected chi connectivity index (χ4v) is 5.52. The number of β-lactam (4-membered cyclic amide) rings is 1. The van der Waals surface area contributed by atoms with Crippen LogP contribution in [0.1, 0.15) is 16.7 Å². The standard InChI is InChI=1S/C36H32N2O6/c1-42-29-20-18-28(19-21-29)37-30(22-17-25-11-5-2-6-12-25)31(34(37)39)38-35(40)32(43-23-26-13-7-3-8-14-26)33(36(38)41)44-24-27-15-9-4-10-16-27/h2-22,30-33H,23-24H2,1H3/b22-17+. The van der Waals surface area contributed by atoms with Crippen LogP contribution in [0.5, 0.6) is 5.75 Å². The number of anilines is 1. The van der Waals surface area contributed by atoms with E-state index in [1.807, 2.05) is 103 Å². The summed E-state index contributed by atoms with van der Waals surface area (Å²) in [5.41, 5.74) is 3.25. The summed E-state index contributed by atoms with van der Waals surface area (Å²) in [6.07, 6.45) is 1.34. The summed E-state index contributed by atoms with van der Waals surface area (Å²) >= 11 is 0. The molecule has 8 nitrogen and oxygen atoms in total. The monoisotopic (exact) mass is 588 g/mol. The van der Waals surface area contributed by atoms with Gasteiger partial charge in [-0.1, -0.05) is 103 Å². The molecular weight excluding hydrogens is 556 g/mol. The third kappa shape index (κ3) is 5.90. The Kier molecular flexibility index (Phi) is 8.63. The van der Waals surface area contributed by atoms with Gasteiger partial charge in [-0.3, -0.25) is 19.3 Å². The molecule has 3 amide bonds. The quantitative estimate of drug-likeness (QED) is 0.181. The van der Waals surface area contributed by atoms with Gasteiger partial charge in [0.05, 0.1) is 26.4 Å². The van der Waals surface area contributed by atoms with Gasteiger partial charge in [0.1, 0.15) is 11.8 Å². The number of rotatable bonds is 11. The van der Waals surface area contributed by atoms with Gasteiger partial charge in [-0.25, -0.2) is 0 Å². The third-order valence-corrected chi connectivity index (χ3v) is 7.81. The van der Waals surface area contributed by atoms with Crippen LogP contribution < -0.4 is 9.64 Å². The number of nitrogens with zero attached hydrogens (tertiary/aromatic N) is 2. The second-order valence-corrected chi connectivity index (χ2v) is 10.6. The lowest BCUT2D eigenvalue weighted by Gasteiger charge is -2.48. The van der Waals surface area contributed by atoms with Crippen LogP contribution in [0.15, 0.2) is 121 Å². The summed E-state index contributed by atoms with van der Waals surface area (Å²) < 4.78 is 17.4. The van der Waals surface area contributed by atoms with Gasteiger partial charge in [-0.05, 0) is 41.0 Å². The molecule has 4 aromatic rings. The van der Waals surface area contributed by atoms with Crippen molar-refractivity contribution in [3.8, 4) is 5.75 Å². The van der Waals surface area contributed by atoms with E-state index in [2.05, 4.69) is 0 Å². The van der Waals surface area contributed by atoms with Gasteiger partial charge < -0.3 is 19.1 Å². The lowest BCUT2D eigenvalue weighted by molar-refractivity contribution is -0.153. The number of benzene rings is 4. The van der Waals surface area contributed by atoms with Crippen molar-refractivity contribution in [1.82, 2.24) is 4.90 Å². The molecule has 6 rings (SSSR count). The summed E-state index contributed by atoms with van der Waals surface area (Å²) in [6.45, 7) is 0.217.